The van der Waals surface area contributed by atoms with Crippen LogP contribution >= 0.6 is 11.3 Å². The van der Waals surface area contributed by atoms with Crippen molar-refractivity contribution in [1.29, 1.82) is 0 Å². The van der Waals surface area contributed by atoms with Gasteiger partial charge in [0, 0.05) is 19.7 Å². The van der Waals surface area contributed by atoms with Crippen molar-refractivity contribution in [2.45, 2.75) is 43.7 Å². The van der Waals surface area contributed by atoms with E-state index in [1.54, 1.807) is 10.6 Å². The molecule has 0 radical (unpaired) electrons. The fourth-order valence-corrected chi connectivity index (χ4v) is 6.38. The number of nitrogens with two attached hydrogens (primary N) is 1. The van der Waals surface area contributed by atoms with Crippen molar-refractivity contribution in [3.8, 4) is 0 Å². The normalized spacial score (nSPS) is 19.2. The second-order valence-corrected chi connectivity index (χ2v) is 11.7. The van der Waals surface area contributed by atoms with E-state index in [1.165, 1.54) is 16.4 Å². The molecule has 1 saturated heterocycles. The number of amides is 1. The Morgan fingerprint density at radius 2 is 2.03 bits per heavy atom. The molecule has 10 nitrogen and oxygen atoms in total. The van der Waals surface area contributed by atoms with Gasteiger partial charge < -0.3 is 9.30 Å². The number of carbonyl (C=O) groups excluding carboxylic acids is 1. The van der Waals surface area contributed by atoms with Gasteiger partial charge in [-0.25, -0.2) is 22.0 Å². The zero-order valence-corrected chi connectivity index (χ0v) is 19.8. The number of hydrogen-bond acceptors (Lipinski definition) is 7. The van der Waals surface area contributed by atoms with E-state index < -0.39 is 32.0 Å². The van der Waals surface area contributed by atoms with Crippen LogP contribution in [0.5, 0.6) is 0 Å². The Kier molecular flexibility index (Phi) is 7.33. The second kappa shape index (κ2) is 9.46. The molecule has 0 aliphatic carbocycles. The maximum atomic E-state index is 13.0. The molecule has 1 atom stereocenters. The van der Waals surface area contributed by atoms with Crippen LogP contribution < -0.4 is 9.94 Å². The first kappa shape index (κ1) is 24.0. The summed E-state index contributed by atoms with van der Waals surface area (Å²) in [7, 11) is -7.42. The molecule has 1 aromatic heterocycles. The smallest absolute Gasteiger partial charge is 0.266 e. The number of ether oxygens (including phenoxy) is 1. The minimum Gasteiger partial charge on any atom is -0.380 e. The number of fused-ring (bicyclic) bond motifs is 1. The van der Waals surface area contributed by atoms with Crippen LogP contribution in [0.25, 0.3) is 10.2 Å². The maximum absolute atomic E-state index is 13.0. The van der Waals surface area contributed by atoms with Crippen LogP contribution in [0.2, 0.25) is 0 Å². The van der Waals surface area contributed by atoms with Gasteiger partial charge in [-0.05, 0) is 38.0 Å². The van der Waals surface area contributed by atoms with Gasteiger partial charge in [-0.15, -0.1) is 0 Å². The standard InChI is InChI=1S/C18H26N4O6S3/c1-3-28-11-10-21-14-8-7-13(31(19,26)27)12-16(14)29-18(21)20-17(23)15-6-4-5-9-22(15)30(2,24)25/h7-8,12,15H,3-6,9-11H2,1-2H3,(H2,19,26,27). The number of primary sulfonamides is 1. The van der Waals surface area contributed by atoms with E-state index in [2.05, 4.69) is 4.99 Å². The van der Waals surface area contributed by atoms with Crippen LogP contribution in [0, 0.1) is 0 Å². The van der Waals surface area contributed by atoms with Crippen molar-refractivity contribution < 1.29 is 26.4 Å². The van der Waals surface area contributed by atoms with E-state index in [-0.39, 0.29) is 4.90 Å². The Morgan fingerprint density at radius 3 is 2.68 bits per heavy atom. The lowest BCUT2D eigenvalue weighted by Gasteiger charge is -2.31. The van der Waals surface area contributed by atoms with Crippen LogP contribution in [0.1, 0.15) is 26.2 Å². The molecular formula is C18H26N4O6S3. The highest BCUT2D eigenvalue weighted by molar-refractivity contribution is 7.89. The van der Waals surface area contributed by atoms with E-state index in [4.69, 9.17) is 9.88 Å². The van der Waals surface area contributed by atoms with E-state index in [1.807, 2.05) is 6.92 Å². The molecule has 1 aliphatic rings. The summed E-state index contributed by atoms with van der Waals surface area (Å²) in [6.07, 6.45) is 2.95. The highest BCUT2D eigenvalue weighted by atomic mass is 32.2. The number of piperidine rings is 1. The van der Waals surface area contributed by atoms with Gasteiger partial charge in [0.15, 0.2) is 4.80 Å². The summed E-state index contributed by atoms with van der Waals surface area (Å²) in [5.41, 5.74) is 0.687. The van der Waals surface area contributed by atoms with Crippen LogP contribution in [-0.2, 0) is 36.1 Å². The average Bonchev–Trinajstić information content (AvgIpc) is 3.03. The molecule has 0 saturated carbocycles. The first-order valence-corrected chi connectivity index (χ1v) is 14.0. The summed E-state index contributed by atoms with van der Waals surface area (Å²) in [5.74, 6) is -0.534. The zero-order valence-electron chi connectivity index (χ0n) is 17.4. The number of aromatic nitrogens is 1. The summed E-state index contributed by atoms with van der Waals surface area (Å²) in [6.45, 7) is 3.45. The van der Waals surface area contributed by atoms with Crippen LogP contribution in [0.15, 0.2) is 28.1 Å². The third kappa shape index (κ3) is 5.59. The van der Waals surface area contributed by atoms with E-state index in [0.29, 0.717) is 54.2 Å². The first-order chi connectivity index (χ1) is 14.5. The number of hydrogen-bond donors (Lipinski definition) is 1. The lowest BCUT2D eigenvalue weighted by molar-refractivity contribution is -0.122. The van der Waals surface area contributed by atoms with Crippen molar-refractivity contribution in [3.63, 3.8) is 0 Å². The van der Waals surface area contributed by atoms with Gasteiger partial charge in [0.2, 0.25) is 20.0 Å². The number of thiazole rings is 1. The van der Waals surface area contributed by atoms with Crippen molar-refractivity contribution in [2.75, 3.05) is 26.0 Å². The monoisotopic (exact) mass is 490 g/mol. The summed E-state index contributed by atoms with van der Waals surface area (Å²) in [6, 6.07) is 3.62. The summed E-state index contributed by atoms with van der Waals surface area (Å²) >= 11 is 1.15. The lowest BCUT2D eigenvalue weighted by Crippen LogP contribution is -2.47. The Morgan fingerprint density at radius 1 is 1.29 bits per heavy atom. The van der Waals surface area contributed by atoms with Gasteiger partial charge >= 0.3 is 0 Å². The molecule has 31 heavy (non-hydrogen) atoms. The Hall–Kier alpha value is -1.64. The number of rotatable bonds is 7. The van der Waals surface area contributed by atoms with Gasteiger partial charge in [-0.1, -0.05) is 17.8 Å². The fraction of sp³-hybridized carbons (Fsp3) is 0.556. The average molecular weight is 491 g/mol. The zero-order chi connectivity index (χ0) is 22.8. The molecule has 13 heteroatoms. The van der Waals surface area contributed by atoms with Crippen LogP contribution in [-0.4, -0.2) is 63.7 Å². The molecule has 2 N–H and O–H groups in total. The molecule has 3 rings (SSSR count). The van der Waals surface area contributed by atoms with Crippen molar-refractivity contribution in [2.24, 2.45) is 10.1 Å². The van der Waals surface area contributed by atoms with Crippen molar-refractivity contribution in [1.82, 2.24) is 8.87 Å². The van der Waals surface area contributed by atoms with Gasteiger partial charge in [0.25, 0.3) is 5.91 Å². The molecule has 172 valence electrons. The highest BCUT2D eigenvalue weighted by Gasteiger charge is 2.34. The van der Waals surface area contributed by atoms with Gasteiger partial charge in [0.05, 0.1) is 28.0 Å². The maximum Gasteiger partial charge on any atom is 0.266 e. The largest absolute Gasteiger partial charge is 0.380 e. The minimum atomic E-state index is -3.88. The Bertz CT molecular complexity index is 1250. The quantitative estimate of drug-likeness (QED) is 0.564. The fourth-order valence-electron chi connectivity index (χ4n) is 3.55. The molecule has 1 amide bonds. The molecule has 0 spiro atoms. The van der Waals surface area contributed by atoms with Gasteiger partial charge in [0.1, 0.15) is 6.04 Å². The summed E-state index contributed by atoms with van der Waals surface area (Å²) in [5, 5.41) is 5.24. The number of nitrogens with zero attached hydrogens (tertiary/aromatic N) is 3. The molecule has 0 bridgehead atoms. The van der Waals surface area contributed by atoms with Crippen molar-refractivity contribution in [3.05, 3.63) is 23.0 Å². The second-order valence-electron chi connectivity index (χ2n) is 7.24. The van der Waals surface area contributed by atoms with E-state index in [0.717, 1.165) is 24.0 Å². The molecule has 2 aromatic rings. The number of benzene rings is 1. The molecule has 1 aliphatic heterocycles. The Balaban J connectivity index is 2.08. The molecule has 1 aromatic carbocycles. The van der Waals surface area contributed by atoms with Gasteiger partial charge in [-0.2, -0.15) is 9.30 Å². The molecule has 1 unspecified atom stereocenters. The van der Waals surface area contributed by atoms with Crippen LogP contribution in [0.3, 0.4) is 0 Å². The third-order valence-corrected chi connectivity index (χ3v) is 8.26. The lowest BCUT2D eigenvalue weighted by atomic mass is 10.0. The first-order valence-electron chi connectivity index (χ1n) is 9.81. The molecule has 1 fully saturated rings. The topological polar surface area (TPSA) is 141 Å². The summed E-state index contributed by atoms with van der Waals surface area (Å²) in [4.78, 5) is 17.6. The third-order valence-electron chi connectivity index (χ3n) is 5.02. The summed E-state index contributed by atoms with van der Waals surface area (Å²) < 4.78 is 56.6. The predicted octanol–water partition coefficient (Wildman–Crippen LogP) is 0.628. The van der Waals surface area contributed by atoms with Gasteiger partial charge in [-0.3, -0.25) is 4.79 Å². The highest BCUT2D eigenvalue weighted by Crippen LogP contribution is 2.23. The van der Waals surface area contributed by atoms with E-state index in [9.17, 15) is 21.6 Å². The number of sulfonamides is 2. The SMILES string of the molecule is CCOCCn1c(=NC(=O)C2CCCCN2S(C)(=O)=O)sc2cc(S(N)(=O)=O)ccc21. The molecule has 2 heterocycles. The van der Waals surface area contributed by atoms with Crippen molar-refractivity contribution >= 4 is 47.5 Å². The predicted molar refractivity (Wildman–Crippen MR) is 117 cm³/mol. The molecular weight excluding hydrogens is 464 g/mol. The Labute approximate surface area is 185 Å². The minimum absolute atomic E-state index is 0.0355. The van der Waals surface area contributed by atoms with E-state index >= 15 is 0 Å². The van der Waals surface area contributed by atoms with Crippen LogP contribution in [0.4, 0.5) is 0 Å². The number of carbonyl (C=O) groups is 1.